The molecule has 0 aliphatic rings. The Kier molecular flexibility index (Phi) is 6.69. The van der Waals surface area contributed by atoms with Crippen LogP contribution in [-0.2, 0) is 13.2 Å². The zero-order valence-electron chi connectivity index (χ0n) is 15.0. The van der Waals surface area contributed by atoms with Crippen LogP contribution in [-0.4, -0.2) is 27.2 Å². The Bertz CT molecular complexity index is 1020. The lowest BCUT2D eigenvalue weighted by atomic mass is 10.1. The van der Waals surface area contributed by atoms with Gasteiger partial charge in [-0.2, -0.15) is 5.10 Å². The fourth-order valence-corrected chi connectivity index (χ4v) is 2.87. The second-order valence-electron chi connectivity index (χ2n) is 6.03. The number of nitrogens with one attached hydrogen (secondary N) is 1. The summed E-state index contributed by atoms with van der Waals surface area (Å²) in [6.07, 6.45) is 3.22. The van der Waals surface area contributed by atoms with Crippen LogP contribution < -0.4 is 10.1 Å². The highest BCUT2D eigenvalue weighted by Crippen LogP contribution is 2.29. The molecule has 0 atom stereocenters. The summed E-state index contributed by atoms with van der Waals surface area (Å²) in [5.41, 5.74) is 1.23. The average molecular weight is 435 g/mol. The normalized spacial score (nSPS) is 10.6. The molecule has 1 heterocycles. The molecule has 1 amide bonds. The van der Waals surface area contributed by atoms with Crippen LogP contribution in [0.25, 0.3) is 0 Å². The van der Waals surface area contributed by atoms with Gasteiger partial charge in [-0.15, -0.1) is 0 Å². The van der Waals surface area contributed by atoms with Crippen molar-refractivity contribution in [3.8, 4) is 5.75 Å². The number of carbonyl (C=O) groups excluding carboxylic acids is 1. The van der Waals surface area contributed by atoms with Gasteiger partial charge in [0.2, 0.25) is 0 Å². The monoisotopic (exact) mass is 434 g/mol. The number of nitro groups is 1. The minimum Gasteiger partial charge on any atom is -0.487 e. The maximum Gasteiger partial charge on any atom is 0.271 e. The minimum absolute atomic E-state index is 0.103. The van der Waals surface area contributed by atoms with Gasteiger partial charge in [0.05, 0.1) is 27.7 Å². The minimum atomic E-state index is -0.524. The first-order chi connectivity index (χ1) is 13.9. The van der Waals surface area contributed by atoms with E-state index >= 15 is 0 Å². The van der Waals surface area contributed by atoms with Crippen molar-refractivity contribution in [3.05, 3.63) is 86.1 Å². The molecular weight excluding hydrogens is 419 g/mol. The van der Waals surface area contributed by atoms with E-state index in [1.54, 1.807) is 35.1 Å². The number of benzene rings is 2. The van der Waals surface area contributed by atoms with Gasteiger partial charge < -0.3 is 10.1 Å². The molecule has 0 saturated heterocycles. The highest BCUT2D eigenvalue weighted by molar-refractivity contribution is 6.32. The second-order valence-corrected chi connectivity index (χ2v) is 6.88. The van der Waals surface area contributed by atoms with Crippen molar-refractivity contribution in [1.29, 1.82) is 0 Å². The van der Waals surface area contributed by atoms with Gasteiger partial charge in [-0.3, -0.25) is 19.6 Å². The number of nitrogens with zero attached hydrogens (tertiary/aromatic N) is 3. The van der Waals surface area contributed by atoms with E-state index in [0.717, 1.165) is 5.56 Å². The van der Waals surface area contributed by atoms with Crippen LogP contribution in [0.4, 0.5) is 5.69 Å². The molecule has 0 aliphatic heterocycles. The lowest BCUT2D eigenvalue weighted by Gasteiger charge is -2.09. The van der Waals surface area contributed by atoms with E-state index in [1.165, 1.54) is 24.4 Å². The molecule has 10 heteroatoms. The molecule has 29 heavy (non-hydrogen) atoms. The van der Waals surface area contributed by atoms with Crippen LogP contribution in [0.2, 0.25) is 10.0 Å². The predicted octanol–water partition coefficient (Wildman–Crippen LogP) is 4.11. The van der Waals surface area contributed by atoms with E-state index in [-0.39, 0.29) is 23.2 Å². The van der Waals surface area contributed by atoms with Crippen molar-refractivity contribution in [2.45, 2.75) is 13.2 Å². The molecule has 1 aromatic heterocycles. The maximum absolute atomic E-state index is 12.2. The molecule has 0 aliphatic carbocycles. The van der Waals surface area contributed by atoms with Crippen LogP contribution in [0.15, 0.2) is 54.9 Å². The van der Waals surface area contributed by atoms with E-state index in [1.807, 2.05) is 0 Å². The smallest absolute Gasteiger partial charge is 0.271 e. The number of hydrogen-bond donors (Lipinski definition) is 1. The van der Waals surface area contributed by atoms with Crippen LogP contribution in [0, 0.1) is 10.1 Å². The molecule has 0 spiro atoms. The summed E-state index contributed by atoms with van der Waals surface area (Å²) in [6.45, 7) is 1.14. The highest BCUT2D eigenvalue weighted by atomic mass is 35.5. The van der Waals surface area contributed by atoms with Gasteiger partial charge in [0.1, 0.15) is 12.4 Å². The van der Waals surface area contributed by atoms with Crippen LogP contribution in [0.5, 0.6) is 5.75 Å². The molecule has 3 aromatic rings. The number of non-ortho nitro benzene ring substituents is 1. The third kappa shape index (κ3) is 5.69. The third-order valence-electron chi connectivity index (χ3n) is 3.96. The van der Waals surface area contributed by atoms with Crippen LogP contribution in [0.3, 0.4) is 0 Å². The number of rotatable bonds is 8. The third-order valence-corrected chi connectivity index (χ3v) is 4.46. The molecule has 0 fully saturated rings. The summed E-state index contributed by atoms with van der Waals surface area (Å²) in [7, 11) is 0. The largest absolute Gasteiger partial charge is 0.487 e. The Hall–Kier alpha value is -3.10. The maximum atomic E-state index is 12.2. The fourth-order valence-electron chi connectivity index (χ4n) is 2.48. The summed E-state index contributed by atoms with van der Waals surface area (Å²) in [5, 5.41) is 18.3. The standard InChI is InChI=1S/C19H16Cl2N4O4/c20-15-10-23-24(11-15)8-7-22-19(26)14-3-1-13(2-4-14)12-29-18-6-5-16(25(27)28)9-17(18)21/h1-6,9-11H,7-8,12H2,(H,22,26). The zero-order valence-corrected chi connectivity index (χ0v) is 16.6. The van der Waals surface area contributed by atoms with Crippen molar-refractivity contribution in [2.75, 3.05) is 6.54 Å². The Labute approximate surface area is 176 Å². The molecule has 150 valence electrons. The number of aromatic nitrogens is 2. The number of amides is 1. The first kappa shape index (κ1) is 20.6. The zero-order chi connectivity index (χ0) is 20.8. The molecule has 8 nitrogen and oxygen atoms in total. The van der Waals surface area contributed by atoms with Gasteiger partial charge in [0.25, 0.3) is 11.6 Å². The van der Waals surface area contributed by atoms with Crippen molar-refractivity contribution in [3.63, 3.8) is 0 Å². The number of halogens is 2. The molecule has 0 unspecified atom stereocenters. The van der Waals surface area contributed by atoms with E-state index < -0.39 is 4.92 Å². The molecule has 0 saturated carbocycles. The van der Waals surface area contributed by atoms with Gasteiger partial charge in [0, 0.05) is 30.4 Å². The lowest BCUT2D eigenvalue weighted by Crippen LogP contribution is -2.27. The van der Waals surface area contributed by atoms with Crippen molar-refractivity contribution in [2.24, 2.45) is 0 Å². The van der Waals surface area contributed by atoms with E-state index in [2.05, 4.69) is 10.4 Å². The number of nitro benzene ring substituents is 1. The number of hydrogen-bond acceptors (Lipinski definition) is 5. The number of carbonyl (C=O) groups is 1. The molecular formula is C19H16Cl2N4O4. The van der Waals surface area contributed by atoms with Crippen LogP contribution in [0.1, 0.15) is 15.9 Å². The van der Waals surface area contributed by atoms with Crippen LogP contribution >= 0.6 is 23.2 Å². The van der Waals surface area contributed by atoms with Crippen molar-refractivity contribution >= 4 is 34.8 Å². The summed E-state index contributed by atoms with van der Waals surface area (Å²) in [5.74, 6) is 0.145. The predicted molar refractivity (Wildman–Crippen MR) is 108 cm³/mol. The average Bonchev–Trinajstić information content (AvgIpc) is 3.12. The Morgan fingerprint density at radius 1 is 1.21 bits per heavy atom. The summed E-state index contributed by atoms with van der Waals surface area (Å²) < 4.78 is 7.24. The molecule has 0 radical (unpaired) electrons. The van der Waals surface area contributed by atoms with Gasteiger partial charge in [-0.25, -0.2) is 0 Å². The van der Waals surface area contributed by atoms with Gasteiger partial charge in [-0.05, 0) is 23.8 Å². The molecule has 2 aromatic carbocycles. The first-order valence-corrected chi connectivity index (χ1v) is 9.30. The molecule has 3 rings (SSSR count). The number of ether oxygens (including phenoxy) is 1. The van der Waals surface area contributed by atoms with Gasteiger partial charge >= 0.3 is 0 Å². The van der Waals surface area contributed by atoms with Gasteiger partial charge in [-0.1, -0.05) is 35.3 Å². The topological polar surface area (TPSA) is 99.3 Å². The highest BCUT2D eigenvalue weighted by Gasteiger charge is 2.11. The molecule has 0 bridgehead atoms. The van der Waals surface area contributed by atoms with E-state index in [9.17, 15) is 14.9 Å². The Morgan fingerprint density at radius 2 is 1.97 bits per heavy atom. The first-order valence-electron chi connectivity index (χ1n) is 8.54. The van der Waals surface area contributed by atoms with E-state index in [0.29, 0.717) is 29.4 Å². The summed E-state index contributed by atoms with van der Waals surface area (Å²) >= 11 is 11.8. The SMILES string of the molecule is O=C(NCCn1cc(Cl)cn1)c1ccc(COc2ccc([N+](=O)[O-])cc2Cl)cc1. The van der Waals surface area contributed by atoms with Gasteiger partial charge in [0.15, 0.2) is 0 Å². The molecule has 1 N–H and O–H groups in total. The van der Waals surface area contributed by atoms with Crippen molar-refractivity contribution in [1.82, 2.24) is 15.1 Å². The quantitative estimate of drug-likeness (QED) is 0.424. The Balaban J connectivity index is 1.50. The summed E-state index contributed by atoms with van der Waals surface area (Å²) in [4.78, 5) is 22.4. The van der Waals surface area contributed by atoms with E-state index in [4.69, 9.17) is 27.9 Å². The Morgan fingerprint density at radius 3 is 2.59 bits per heavy atom. The van der Waals surface area contributed by atoms with Crippen molar-refractivity contribution < 1.29 is 14.5 Å². The summed E-state index contributed by atoms with van der Waals surface area (Å²) in [6, 6.07) is 10.9. The fraction of sp³-hybridized carbons (Fsp3) is 0.158. The second kappa shape index (κ2) is 9.40. The lowest BCUT2D eigenvalue weighted by molar-refractivity contribution is -0.384.